The lowest BCUT2D eigenvalue weighted by molar-refractivity contribution is -0.139. The van der Waals surface area contributed by atoms with Gasteiger partial charge in [-0.15, -0.1) is 0 Å². The van der Waals surface area contributed by atoms with Crippen molar-refractivity contribution in [2.75, 3.05) is 13.7 Å². The molecule has 0 spiro atoms. The van der Waals surface area contributed by atoms with Crippen LogP contribution in [0.15, 0.2) is 22.6 Å². The van der Waals surface area contributed by atoms with Gasteiger partial charge < -0.3 is 14.5 Å². The molecule has 0 radical (unpaired) electrons. The minimum Gasteiger partial charge on any atom is -0.468 e. The molecule has 19 heavy (non-hydrogen) atoms. The van der Waals surface area contributed by atoms with Crippen molar-refractivity contribution in [3.05, 3.63) is 34.5 Å². The van der Waals surface area contributed by atoms with E-state index in [4.69, 9.17) is 16.0 Å². The molecule has 0 aliphatic heterocycles. The highest BCUT2D eigenvalue weighted by Crippen LogP contribution is 2.27. The Balaban J connectivity index is 2.27. The molecule has 1 amide bonds. The molecule has 1 aromatic heterocycles. The summed E-state index contributed by atoms with van der Waals surface area (Å²) in [6.07, 6.45) is 0. The van der Waals surface area contributed by atoms with Gasteiger partial charge in [0, 0.05) is 16.0 Å². The lowest BCUT2D eigenvalue weighted by Crippen LogP contribution is -2.30. The second-order valence-electron chi connectivity index (χ2n) is 3.96. The molecule has 2 aromatic rings. The van der Waals surface area contributed by atoms with Crippen molar-refractivity contribution in [3.8, 4) is 0 Å². The molecule has 0 atom stereocenters. The van der Waals surface area contributed by atoms with Crippen LogP contribution < -0.4 is 5.32 Å². The van der Waals surface area contributed by atoms with Crippen molar-refractivity contribution >= 4 is 34.4 Å². The summed E-state index contributed by atoms with van der Waals surface area (Å²) in [5, 5.41) is 3.77. The maximum atomic E-state index is 11.9. The molecular formula is C13H12ClNO4. The second-order valence-corrected chi connectivity index (χ2v) is 4.39. The highest BCUT2D eigenvalue weighted by molar-refractivity contribution is 6.31. The Morgan fingerprint density at radius 2 is 2.16 bits per heavy atom. The van der Waals surface area contributed by atoms with E-state index in [0.29, 0.717) is 16.2 Å². The summed E-state index contributed by atoms with van der Waals surface area (Å²) in [6.45, 7) is 1.56. The van der Waals surface area contributed by atoms with Gasteiger partial charge in [0.2, 0.25) is 0 Å². The summed E-state index contributed by atoms with van der Waals surface area (Å²) in [6, 6.07) is 5.11. The van der Waals surface area contributed by atoms with E-state index < -0.39 is 11.9 Å². The van der Waals surface area contributed by atoms with E-state index >= 15 is 0 Å². The van der Waals surface area contributed by atoms with Crippen LogP contribution >= 0.6 is 11.6 Å². The van der Waals surface area contributed by atoms with E-state index in [9.17, 15) is 9.59 Å². The number of carbonyl (C=O) groups excluding carboxylic acids is 2. The predicted octanol–water partition coefficient (Wildman–Crippen LogP) is 2.30. The summed E-state index contributed by atoms with van der Waals surface area (Å²) >= 11 is 5.90. The molecule has 1 heterocycles. The SMILES string of the molecule is COC(=O)CNC(=O)c1oc2ccc(Cl)cc2c1C. The van der Waals surface area contributed by atoms with E-state index in [1.54, 1.807) is 25.1 Å². The molecule has 0 aliphatic carbocycles. The summed E-state index contributed by atoms with van der Waals surface area (Å²) in [5.41, 5.74) is 1.25. The molecule has 1 aromatic carbocycles. The Labute approximate surface area is 114 Å². The fourth-order valence-electron chi connectivity index (χ4n) is 1.71. The van der Waals surface area contributed by atoms with Crippen LogP contribution in [0, 0.1) is 6.92 Å². The number of methoxy groups -OCH3 is 1. The lowest BCUT2D eigenvalue weighted by atomic mass is 10.1. The number of furan rings is 1. The third-order valence-corrected chi connectivity index (χ3v) is 2.96. The van der Waals surface area contributed by atoms with Gasteiger partial charge in [0.1, 0.15) is 12.1 Å². The first-order valence-corrected chi connectivity index (χ1v) is 5.94. The highest BCUT2D eigenvalue weighted by atomic mass is 35.5. The number of nitrogens with one attached hydrogen (secondary N) is 1. The number of aryl methyl sites for hydroxylation is 1. The third kappa shape index (κ3) is 2.71. The molecule has 0 aliphatic rings. The van der Waals surface area contributed by atoms with Gasteiger partial charge in [-0.25, -0.2) is 0 Å². The van der Waals surface area contributed by atoms with Crippen LogP contribution in [0.5, 0.6) is 0 Å². The van der Waals surface area contributed by atoms with Gasteiger partial charge in [0.15, 0.2) is 5.76 Å². The van der Waals surface area contributed by atoms with Crippen LogP contribution in [-0.4, -0.2) is 25.5 Å². The van der Waals surface area contributed by atoms with Gasteiger partial charge in [-0.1, -0.05) is 11.6 Å². The van der Waals surface area contributed by atoms with Gasteiger partial charge in [-0.2, -0.15) is 0 Å². The maximum Gasteiger partial charge on any atom is 0.325 e. The molecule has 5 nitrogen and oxygen atoms in total. The van der Waals surface area contributed by atoms with Gasteiger partial charge >= 0.3 is 5.97 Å². The van der Waals surface area contributed by atoms with Crippen molar-refractivity contribution < 1.29 is 18.7 Å². The van der Waals surface area contributed by atoms with Crippen LogP contribution in [0.3, 0.4) is 0 Å². The quantitative estimate of drug-likeness (QED) is 0.877. The van der Waals surface area contributed by atoms with E-state index in [1.807, 2.05) is 0 Å². The maximum absolute atomic E-state index is 11.9. The number of hydrogen-bond acceptors (Lipinski definition) is 4. The number of hydrogen-bond donors (Lipinski definition) is 1. The van der Waals surface area contributed by atoms with Crippen molar-refractivity contribution in [2.24, 2.45) is 0 Å². The summed E-state index contributed by atoms with van der Waals surface area (Å²) < 4.78 is 9.90. The second kappa shape index (κ2) is 5.32. The number of rotatable bonds is 3. The number of amides is 1. The molecule has 6 heteroatoms. The molecular weight excluding hydrogens is 270 g/mol. The molecule has 1 N–H and O–H groups in total. The smallest absolute Gasteiger partial charge is 0.325 e. The van der Waals surface area contributed by atoms with E-state index in [-0.39, 0.29) is 12.3 Å². The zero-order valence-corrected chi connectivity index (χ0v) is 11.2. The Morgan fingerprint density at radius 1 is 1.42 bits per heavy atom. The first-order valence-electron chi connectivity index (χ1n) is 5.56. The molecule has 0 fully saturated rings. The monoisotopic (exact) mass is 281 g/mol. The van der Waals surface area contributed by atoms with Crippen LogP contribution in [0.25, 0.3) is 11.0 Å². The fourth-order valence-corrected chi connectivity index (χ4v) is 1.89. The van der Waals surface area contributed by atoms with Crippen LogP contribution in [0.2, 0.25) is 5.02 Å². The van der Waals surface area contributed by atoms with Crippen molar-refractivity contribution in [1.82, 2.24) is 5.32 Å². The zero-order chi connectivity index (χ0) is 14.0. The zero-order valence-electron chi connectivity index (χ0n) is 10.5. The Hall–Kier alpha value is -2.01. The number of benzene rings is 1. The minimum absolute atomic E-state index is 0.168. The summed E-state index contributed by atoms with van der Waals surface area (Å²) in [4.78, 5) is 22.9. The Bertz CT molecular complexity index is 647. The van der Waals surface area contributed by atoms with Crippen LogP contribution in [0.4, 0.5) is 0 Å². The molecule has 2 rings (SSSR count). The molecule has 0 saturated carbocycles. The number of halogens is 1. The van der Waals surface area contributed by atoms with Crippen molar-refractivity contribution in [1.29, 1.82) is 0 Å². The van der Waals surface area contributed by atoms with Gasteiger partial charge in [-0.3, -0.25) is 9.59 Å². The number of carbonyl (C=O) groups is 2. The average Bonchev–Trinajstić information content (AvgIpc) is 2.73. The van der Waals surface area contributed by atoms with Gasteiger partial charge in [0.05, 0.1) is 7.11 Å². The van der Waals surface area contributed by atoms with Crippen LogP contribution in [0.1, 0.15) is 16.1 Å². The molecule has 0 saturated heterocycles. The summed E-state index contributed by atoms with van der Waals surface area (Å²) in [5.74, 6) is -0.818. The van der Waals surface area contributed by atoms with Crippen molar-refractivity contribution in [3.63, 3.8) is 0 Å². The predicted molar refractivity (Wildman–Crippen MR) is 70.3 cm³/mol. The minimum atomic E-state index is -0.523. The molecule has 0 bridgehead atoms. The fraction of sp³-hybridized carbons (Fsp3) is 0.231. The topological polar surface area (TPSA) is 68.5 Å². The standard InChI is InChI=1S/C13H12ClNO4/c1-7-9-5-8(14)3-4-10(9)19-12(7)13(17)15-6-11(16)18-2/h3-5H,6H2,1-2H3,(H,15,17). The van der Waals surface area contributed by atoms with E-state index in [0.717, 1.165) is 5.39 Å². The third-order valence-electron chi connectivity index (χ3n) is 2.73. The van der Waals surface area contributed by atoms with Gasteiger partial charge in [0.25, 0.3) is 5.91 Å². The average molecular weight is 282 g/mol. The van der Waals surface area contributed by atoms with Crippen LogP contribution in [-0.2, 0) is 9.53 Å². The molecule has 0 unspecified atom stereocenters. The first-order chi connectivity index (χ1) is 9.02. The van der Waals surface area contributed by atoms with E-state index in [1.165, 1.54) is 7.11 Å². The highest BCUT2D eigenvalue weighted by Gasteiger charge is 2.18. The lowest BCUT2D eigenvalue weighted by Gasteiger charge is -2.01. The first kappa shape index (κ1) is 13.4. The van der Waals surface area contributed by atoms with E-state index in [2.05, 4.69) is 10.1 Å². The number of ether oxygens (including phenoxy) is 1. The Morgan fingerprint density at radius 3 is 2.84 bits per heavy atom. The number of fused-ring (bicyclic) bond motifs is 1. The van der Waals surface area contributed by atoms with Crippen molar-refractivity contribution in [2.45, 2.75) is 6.92 Å². The molecule has 100 valence electrons. The largest absolute Gasteiger partial charge is 0.468 e. The number of esters is 1. The van der Waals surface area contributed by atoms with Gasteiger partial charge in [-0.05, 0) is 25.1 Å². The Kier molecular flexibility index (Phi) is 3.76. The normalized spacial score (nSPS) is 10.5. The summed E-state index contributed by atoms with van der Waals surface area (Å²) in [7, 11) is 1.25.